The summed E-state index contributed by atoms with van der Waals surface area (Å²) in [7, 11) is 1.69. The Morgan fingerprint density at radius 3 is 2.44 bits per heavy atom. The molecule has 0 aliphatic rings. The second-order valence-electron chi connectivity index (χ2n) is 7.68. The maximum absolute atomic E-state index is 13.6. The average Bonchev–Trinajstić information content (AvgIpc) is 3.13. The molecule has 0 radical (unpaired) electrons. The number of nitrogens with zero attached hydrogens (tertiary/aromatic N) is 1. The predicted molar refractivity (Wildman–Crippen MR) is 117 cm³/mol. The van der Waals surface area contributed by atoms with E-state index in [-0.39, 0.29) is 12.2 Å². The number of likely N-dealkylation sites (N-methyl/N-ethyl adjacent to an activating group) is 1. The van der Waals surface area contributed by atoms with Crippen LogP contribution in [0.2, 0.25) is 0 Å². The first-order valence-electron chi connectivity index (χ1n) is 10.1. The molecule has 0 bridgehead atoms. The summed E-state index contributed by atoms with van der Waals surface area (Å²) < 4.78 is 55.1. The molecular weight excluding hydrogens is 420 g/mol. The van der Waals surface area contributed by atoms with Gasteiger partial charge in [0.25, 0.3) is 0 Å². The molecule has 3 aromatic carbocycles. The van der Waals surface area contributed by atoms with Crippen LogP contribution in [0.5, 0.6) is 0 Å². The molecule has 0 fully saturated rings. The van der Waals surface area contributed by atoms with Gasteiger partial charge in [-0.1, -0.05) is 42.5 Å². The van der Waals surface area contributed by atoms with E-state index < -0.39 is 24.0 Å². The van der Waals surface area contributed by atoms with Gasteiger partial charge in [-0.25, -0.2) is 4.39 Å². The Morgan fingerprint density at radius 2 is 1.72 bits per heavy atom. The number of nitrogens with one attached hydrogen (secondary N) is 1. The molecule has 32 heavy (non-hydrogen) atoms. The van der Waals surface area contributed by atoms with Crippen LogP contribution >= 0.6 is 0 Å². The Bertz CT molecular complexity index is 1230. The quantitative estimate of drug-likeness (QED) is 0.371. The third kappa shape index (κ3) is 4.40. The van der Waals surface area contributed by atoms with E-state index in [1.54, 1.807) is 31.4 Å². The number of fused-ring (bicyclic) bond motifs is 1. The molecule has 4 rings (SSSR count). The van der Waals surface area contributed by atoms with Gasteiger partial charge >= 0.3 is 6.18 Å². The maximum atomic E-state index is 13.6. The molecule has 1 unspecified atom stereocenters. The lowest BCUT2D eigenvalue weighted by Gasteiger charge is -2.25. The van der Waals surface area contributed by atoms with Gasteiger partial charge in [0.05, 0.1) is 17.2 Å². The molecule has 166 valence electrons. The molecule has 2 atom stereocenters. The molecule has 7 heteroatoms. The summed E-state index contributed by atoms with van der Waals surface area (Å²) in [5.74, 6) is -0.381. The summed E-state index contributed by atoms with van der Waals surface area (Å²) in [5, 5.41) is 14.8. The fraction of sp³-hybridized carbons (Fsp3) is 0.200. The number of alkyl halides is 3. The normalized spacial score (nSPS) is 13.9. The smallest absolute Gasteiger partial charge is 0.389 e. The van der Waals surface area contributed by atoms with Crippen LogP contribution in [0, 0.1) is 5.82 Å². The van der Waals surface area contributed by atoms with Crippen LogP contribution in [0.4, 0.5) is 17.6 Å². The lowest BCUT2D eigenvalue weighted by atomic mass is 10.0. The van der Waals surface area contributed by atoms with Crippen LogP contribution < -0.4 is 5.32 Å². The number of hydrogen-bond acceptors (Lipinski definition) is 2. The van der Waals surface area contributed by atoms with Gasteiger partial charge in [-0.3, -0.25) is 5.32 Å². The van der Waals surface area contributed by atoms with E-state index in [0.29, 0.717) is 16.7 Å². The Morgan fingerprint density at radius 1 is 0.969 bits per heavy atom. The molecular formula is C25H22F4N2O. The number of aliphatic hydroxyl groups is 1. The molecule has 1 aromatic heterocycles. The number of benzene rings is 3. The van der Waals surface area contributed by atoms with Crippen molar-refractivity contribution in [1.82, 2.24) is 9.88 Å². The van der Waals surface area contributed by atoms with Crippen molar-refractivity contribution < 1.29 is 22.7 Å². The topological polar surface area (TPSA) is 37.2 Å². The second kappa shape index (κ2) is 8.76. The fourth-order valence-electron chi connectivity index (χ4n) is 4.06. The van der Waals surface area contributed by atoms with Crippen LogP contribution in [0.15, 0.2) is 79.0 Å². The van der Waals surface area contributed by atoms with Gasteiger partial charge < -0.3 is 9.67 Å². The number of hydrogen-bond donors (Lipinski definition) is 2. The Balaban J connectivity index is 1.76. The van der Waals surface area contributed by atoms with Crippen molar-refractivity contribution in [2.75, 3.05) is 7.05 Å². The Labute approximate surface area is 182 Å². The monoisotopic (exact) mass is 442 g/mol. The first-order chi connectivity index (χ1) is 15.3. The third-order valence-corrected chi connectivity index (χ3v) is 5.54. The van der Waals surface area contributed by atoms with Crippen molar-refractivity contribution in [3.05, 3.63) is 95.9 Å². The Kier molecular flexibility index (Phi) is 6.04. The first-order valence-corrected chi connectivity index (χ1v) is 10.1. The van der Waals surface area contributed by atoms with E-state index in [0.717, 1.165) is 23.0 Å². The minimum Gasteiger partial charge on any atom is -0.389 e. The van der Waals surface area contributed by atoms with E-state index in [1.807, 2.05) is 28.8 Å². The van der Waals surface area contributed by atoms with Gasteiger partial charge in [0.1, 0.15) is 12.0 Å². The highest BCUT2D eigenvalue weighted by Crippen LogP contribution is 2.36. The third-order valence-electron chi connectivity index (χ3n) is 5.54. The molecule has 0 aliphatic heterocycles. The van der Waals surface area contributed by atoms with E-state index in [1.165, 1.54) is 18.2 Å². The van der Waals surface area contributed by atoms with Gasteiger partial charge in [0.15, 0.2) is 0 Å². The summed E-state index contributed by atoms with van der Waals surface area (Å²) in [6.45, 7) is 0. The van der Waals surface area contributed by atoms with Crippen molar-refractivity contribution in [2.24, 2.45) is 0 Å². The molecule has 3 nitrogen and oxygen atoms in total. The SMILES string of the molecule is CNC([C@H](O)Cc1cccc(F)c1)n1cc(-c2cccc(C(F)(F)F)c2)c2ccccc21. The molecule has 0 saturated carbocycles. The molecule has 4 aromatic rings. The van der Waals surface area contributed by atoms with Crippen molar-refractivity contribution in [2.45, 2.75) is 24.9 Å². The lowest BCUT2D eigenvalue weighted by Crippen LogP contribution is -2.35. The van der Waals surface area contributed by atoms with E-state index in [9.17, 15) is 22.7 Å². The van der Waals surface area contributed by atoms with Crippen molar-refractivity contribution in [3.63, 3.8) is 0 Å². The molecule has 0 saturated heterocycles. The van der Waals surface area contributed by atoms with E-state index in [4.69, 9.17) is 0 Å². The number of para-hydroxylation sites is 1. The number of aliphatic hydroxyl groups excluding tert-OH is 1. The van der Waals surface area contributed by atoms with Gasteiger partial charge in [-0.05, 0) is 48.5 Å². The zero-order valence-electron chi connectivity index (χ0n) is 17.3. The van der Waals surface area contributed by atoms with Crippen LogP contribution in [0.3, 0.4) is 0 Å². The van der Waals surface area contributed by atoms with Gasteiger partial charge in [0.2, 0.25) is 0 Å². The zero-order valence-corrected chi connectivity index (χ0v) is 17.3. The number of aromatic nitrogens is 1. The summed E-state index contributed by atoms with van der Waals surface area (Å²) in [6.07, 6.45) is -3.98. The highest BCUT2D eigenvalue weighted by Gasteiger charge is 2.31. The van der Waals surface area contributed by atoms with Crippen LogP contribution in [0.25, 0.3) is 22.0 Å². The predicted octanol–water partition coefficient (Wildman–Crippen LogP) is 5.79. The largest absolute Gasteiger partial charge is 0.416 e. The van der Waals surface area contributed by atoms with Crippen molar-refractivity contribution in [3.8, 4) is 11.1 Å². The van der Waals surface area contributed by atoms with Crippen molar-refractivity contribution >= 4 is 10.9 Å². The minimum absolute atomic E-state index is 0.203. The molecule has 0 spiro atoms. The second-order valence-corrected chi connectivity index (χ2v) is 7.68. The molecule has 1 heterocycles. The number of rotatable bonds is 6. The van der Waals surface area contributed by atoms with E-state index >= 15 is 0 Å². The van der Waals surface area contributed by atoms with Crippen LogP contribution in [0.1, 0.15) is 17.3 Å². The molecule has 0 aliphatic carbocycles. The van der Waals surface area contributed by atoms with Gasteiger partial charge in [0, 0.05) is 23.6 Å². The average molecular weight is 442 g/mol. The zero-order chi connectivity index (χ0) is 22.9. The molecule has 2 N–H and O–H groups in total. The van der Waals surface area contributed by atoms with Gasteiger partial charge in [-0.2, -0.15) is 13.2 Å². The van der Waals surface area contributed by atoms with E-state index in [2.05, 4.69) is 5.32 Å². The standard InChI is InChI=1S/C25H22F4N2O/c1-30-24(23(32)13-16-6-4-9-19(26)12-16)31-15-21(20-10-2-3-11-22(20)31)17-7-5-8-18(14-17)25(27,28)29/h2-12,14-15,23-24,30,32H,13H2,1H3/t23-,24?/m1/s1. The summed E-state index contributed by atoms with van der Waals surface area (Å²) in [6, 6.07) is 18.6. The summed E-state index contributed by atoms with van der Waals surface area (Å²) in [4.78, 5) is 0. The van der Waals surface area contributed by atoms with Crippen LogP contribution in [-0.4, -0.2) is 22.8 Å². The number of halogens is 4. The van der Waals surface area contributed by atoms with Crippen molar-refractivity contribution in [1.29, 1.82) is 0 Å². The molecule has 0 amide bonds. The van der Waals surface area contributed by atoms with Crippen LogP contribution in [-0.2, 0) is 12.6 Å². The first kappa shape index (κ1) is 22.0. The van der Waals surface area contributed by atoms with Gasteiger partial charge in [-0.15, -0.1) is 0 Å². The summed E-state index contributed by atoms with van der Waals surface area (Å²) >= 11 is 0. The maximum Gasteiger partial charge on any atom is 0.416 e. The highest BCUT2D eigenvalue weighted by atomic mass is 19.4. The Hall–Kier alpha value is -3.16. The summed E-state index contributed by atoms with van der Waals surface area (Å²) in [5.41, 5.74) is 1.75. The minimum atomic E-state index is -4.44. The lowest BCUT2D eigenvalue weighted by molar-refractivity contribution is -0.137. The highest BCUT2D eigenvalue weighted by molar-refractivity contribution is 5.96. The fourth-order valence-corrected chi connectivity index (χ4v) is 4.06.